The van der Waals surface area contributed by atoms with Crippen molar-refractivity contribution in [1.29, 1.82) is 0 Å². The van der Waals surface area contributed by atoms with Crippen LogP contribution in [0.5, 0.6) is 11.5 Å². The van der Waals surface area contributed by atoms with Crippen molar-refractivity contribution in [3.63, 3.8) is 0 Å². The van der Waals surface area contributed by atoms with Crippen molar-refractivity contribution in [2.24, 2.45) is 0 Å². The molecule has 1 unspecified atom stereocenters. The summed E-state index contributed by atoms with van der Waals surface area (Å²) in [5.74, 6) is -0.213. The number of aromatic nitrogens is 2. The highest BCUT2D eigenvalue weighted by molar-refractivity contribution is 6.01. The minimum absolute atomic E-state index is 0.148. The second-order valence-electron chi connectivity index (χ2n) is 7.28. The summed E-state index contributed by atoms with van der Waals surface area (Å²) >= 11 is 0. The van der Waals surface area contributed by atoms with Gasteiger partial charge in [-0.1, -0.05) is 24.3 Å². The number of aromatic hydroxyl groups is 1. The maximum Gasteiger partial charge on any atom is 0.269 e. The van der Waals surface area contributed by atoms with Crippen LogP contribution in [0.3, 0.4) is 0 Å². The molecule has 2 heterocycles. The van der Waals surface area contributed by atoms with Crippen LogP contribution in [-0.2, 0) is 6.54 Å². The molecule has 1 aliphatic rings. The van der Waals surface area contributed by atoms with Gasteiger partial charge >= 0.3 is 0 Å². The van der Waals surface area contributed by atoms with E-state index in [-0.39, 0.29) is 23.9 Å². The molecule has 7 heteroatoms. The number of benzene rings is 1. The van der Waals surface area contributed by atoms with Crippen molar-refractivity contribution in [1.82, 2.24) is 14.9 Å². The molecule has 0 saturated heterocycles. The van der Waals surface area contributed by atoms with Gasteiger partial charge in [0.05, 0.1) is 19.0 Å². The van der Waals surface area contributed by atoms with Gasteiger partial charge in [0.2, 0.25) is 0 Å². The van der Waals surface area contributed by atoms with Gasteiger partial charge in [0, 0.05) is 12.2 Å². The van der Waals surface area contributed by atoms with Crippen LogP contribution in [0.1, 0.15) is 35.2 Å². The normalized spacial score (nSPS) is 15.8. The number of allylic oxidation sites excluding steroid dienone is 1. The third kappa shape index (κ3) is 3.78. The first-order valence-corrected chi connectivity index (χ1v) is 9.89. The maximum absolute atomic E-state index is 13.3. The summed E-state index contributed by atoms with van der Waals surface area (Å²) in [6.07, 6.45) is 8.25. The first-order valence-electron chi connectivity index (χ1n) is 9.89. The molecule has 2 aromatic heterocycles. The zero-order valence-corrected chi connectivity index (χ0v) is 16.7. The predicted molar refractivity (Wildman–Crippen MR) is 114 cm³/mol. The number of carbonyl (C=O) groups excluding carboxylic acids is 1. The van der Waals surface area contributed by atoms with E-state index in [2.05, 4.69) is 10.3 Å². The molecule has 154 valence electrons. The molecule has 2 N–H and O–H groups in total. The lowest BCUT2D eigenvalue weighted by Gasteiger charge is -2.19. The van der Waals surface area contributed by atoms with E-state index >= 15 is 0 Å². The third-order valence-electron chi connectivity index (χ3n) is 5.29. The van der Waals surface area contributed by atoms with E-state index in [1.807, 2.05) is 24.3 Å². The van der Waals surface area contributed by atoms with Crippen LogP contribution in [0.25, 0.3) is 11.0 Å². The van der Waals surface area contributed by atoms with Crippen molar-refractivity contribution in [3.05, 3.63) is 76.2 Å². The molecule has 1 aliphatic carbocycles. The summed E-state index contributed by atoms with van der Waals surface area (Å²) in [4.78, 5) is 30.5. The lowest BCUT2D eigenvalue weighted by atomic mass is 10.0. The fraction of sp³-hybridized carbons (Fsp3) is 0.261. The molecule has 0 aliphatic heterocycles. The van der Waals surface area contributed by atoms with Crippen molar-refractivity contribution in [2.45, 2.75) is 31.8 Å². The fourth-order valence-electron chi connectivity index (χ4n) is 3.70. The first-order chi connectivity index (χ1) is 14.6. The molecule has 0 bridgehead atoms. The Hall–Kier alpha value is -3.61. The number of pyridine rings is 2. The van der Waals surface area contributed by atoms with Crippen molar-refractivity contribution < 1.29 is 14.6 Å². The second kappa shape index (κ2) is 8.41. The number of fused-ring (bicyclic) bond motifs is 1. The monoisotopic (exact) mass is 405 g/mol. The Morgan fingerprint density at radius 1 is 1.30 bits per heavy atom. The first kappa shape index (κ1) is 19.7. The summed E-state index contributed by atoms with van der Waals surface area (Å²) in [5.41, 5.74) is 0.330. The van der Waals surface area contributed by atoms with Crippen LogP contribution in [0.4, 0.5) is 0 Å². The van der Waals surface area contributed by atoms with E-state index in [4.69, 9.17) is 4.74 Å². The van der Waals surface area contributed by atoms with Crippen LogP contribution in [0, 0.1) is 0 Å². The molecule has 0 spiro atoms. The highest BCUT2D eigenvalue weighted by Gasteiger charge is 2.24. The van der Waals surface area contributed by atoms with Crippen LogP contribution in [0.15, 0.2) is 59.5 Å². The predicted octanol–water partition coefficient (Wildman–Crippen LogP) is 3.00. The van der Waals surface area contributed by atoms with Crippen LogP contribution in [-0.4, -0.2) is 33.7 Å². The largest absolute Gasteiger partial charge is 0.506 e. The van der Waals surface area contributed by atoms with E-state index in [9.17, 15) is 14.7 Å². The number of nitrogens with zero attached hydrogens (tertiary/aromatic N) is 2. The van der Waals surface area contributed by atoms with E-state index in [1.54, 1.807) is 37.6 Å². The number of methoxy groups -OCH3 is 1. The Balaban J connectivity index is 1.78. The highest BCUT2D eigenvalue weighted by atomic mass is 16.5. The minimum atomic E-state index is -0.580. The van der Waals surface area contributed by atoms with Gasteiger partial charge in [-0.25, -0.2) is 4.98 Å². The molecule has 4 rings (SSSR count). The van der Waals surface area contributed by atoms with E-state index < -0.39 is 11.5 Å². The molecule has 0 radical (unpaired) electrons. The number of rotatable bonds is 5. The molecule has 7 nitrogen and oxygen atoms in total. The van der Waals surface area contributed by atoms with Gasteiger partial charge in [0.1, 0.15) is 22.7 Å². The lowest BCUT2D eigenvalue weighted by Crippen LogP contribution is -2.39. The Morgan fingerprint density at radius 3 is 2.80 bits per heavy atom. The van der Waals surface area contributed by atoms with Crippen LogP contribution in [0.2, 0.25) is 0 Å². The lowest BCUT2D eigenvalue weighted by molar-refractivity contribution is 0.0937. The molecule has 0 saturated carbocycles. The van der Waals surface area contributed by atoms with Gasteiger partial charge in [-0.2, -0.15) is 0 Å². The maximum atomic E-state index is 13.3. The van der Waals surface area contributed by atoms with Gasteiger partial charge in [-0.15, -0.1) is 0 Å². The molecule has 3 aromatic rings. The highest BCUT2D eigenvalue weighted by Crippen LogP contribution is 2.26. The van der Waals surface area contributed by atoms with Crippen molar-refractivity contribution >= 4 is 16.9 Å². The molecule has 1 atom stereocenters. The van der Waals surface area contributed by atoms with E-state index in [1.165, 1.54) is 4.57 Å². The summed E-state index contributed by atoms with van der Waals surface area (Å²) in [7, 11) is 1.59. The topological polar surface area (TPSA) is 93.5 Å². The van der Waals surface area contributed by atoms with Gasteiger partial charge in [-0.05, 0) is 49.1 Å². The minimum Gasteiger partial charge on any atom is -0.506 e. The number of hydrogen-bond acceptors (Lipinski definition) is 5. The molecule has 30 heavy (non-hydrogen) atoms. The number of carbonyl (C=O) groups is 1. The van der Waals surface area contributed by atoms with Gasteiger partial charge in [-0.3, -0.25) is 14.2 Å². The quantitative estimate of drug-likeness (QED) is 0.637. The van der Waals surface area contributed by atoms with Crippen molar-refractivity contribution in [3.8, 4) is 11.5 Å². The van der Waals surface area contributed by atoms with Crippen LogP contribution < -0.4 is 15.6 Å². The molecular formula is C23H23N3O4. The standard InChI is InChI=1S/C23H23N3O4/c1-30-17-11-9-15(10-12-17)14-26-21-18(8-5-13-24-21)20(27)19(23(26)29)22(28)25-16-6-3-2-4-7-16/h3,5-6,8-13,16,27H,2,4,7,14H2,1H3,(H,25,28). The van der Waals surface area contributed by atoms with Gasteiger partial charge in [0.15, 0.2) is 0 Å². The molecule has 1 aromatic carbocycles. The molecule has 0 fully saturated rings. The number of nitrogens with one attached hydrogen (secondary N) is 1. The summed E-state index contributed by atoms with van der Waals surface area (Å²) in [5, 5.41) is 13.9. The zero-order valence-electron chi connectivity index (χ0n) is 16.7. The van der Waals surface area contributed by atoms with Gasteiger partial charge in [0.25, 0.3) is 11.5 Å². The smallest absolute Gasteiger partial charge is 0.269 e. The van der Waals surface area contributed by atoms with Gasteiger partial charge < -0.3 is 15.2 Å². The summed E-state index contributed by atoms with van der Waals surface area (Å²) in [6.45, 7) is 0.209. The number of ether oxygens (including phenoxy) is 1. The summed E-state index contributed by atoms with van der Waals surface area (Å²) < 4.78 is 6.60. The zero-order chi connectivity index (χ0) is 21.1. The Kier molecular flexibility index (Phi) is 5.52. The molecular weight excluding hydrogens is 382 g/mol. The van der Waals surface area contributed by atoms with E-state index in [0.717, 1.165) is 24.8 Å². The Morgan fingerprint density at radius 2 is 2.10 bits per heavy atom. The Labute approximate surface area is 173 Å². The van der Waals surface area contributed by atoms with Crippen molar-refractivity contribution in [2.75, 3.05) is 7.11 Å². The second-order valence-corrected chi connectivity index (χ2v) is 7.28. The Bertz CT molecular complexity index is 1170. The van der Waals surface area contributed by atoms with E-state index in [0.29, 0.717) is 16.8 Å². The molecule has 1 amide bonds. The fourth-order valence-corrected chi connectivity index (χ4v) is 3.70. The summed E-state index contributed by atoms with van der Waals surface area (Å²) in [6, 6.07) is 10.5. The number of hydrogen-bond donors (Lipinski definition) is 2. The average molecular weight is 405 g/mol. The number of amides is 1. The van der Waals surface area contributed by atoms with Crippen LogP contribution >= 0.6 is 0 Å². The SMILES string of the molecule is COc1ccc(Cn2c(=O)c(C(=O)NC3C=CCCC3)c(O)c3cccnc32)cc1. The average Bonchev–Trinajstić information content (AvgIpc) is 2.78. The third-order valence-corrected chi connectivity index (χ3v) is 5.29.